The van der Waals surface area contributed by atoms with Gasteiger partial charge in [0, 0.05) is 12.6 Å². The van der Waals surface area contributed by atoms with E-state index in [0.717, 1.165) is 11.1 Å². The van der Waals surface area contributed by atoms with Crippen LogP contribution in [0.3, 0.4) is 0 Å². The molecule has 1 aliphatic carbocycles. The second-order valence-corrected chi connectivity index (χ2v) is 5.94. The van der Waals surface area contributed by atoms with E-state index in [1.54, 1.807) is 4.90 Å². The molecule has 0 saturated carbocycles. The van der Waals surface area contributed by atoms with Crippen molar-refractivity contribution in [2.45, 2.75) is 31.5 Å². The fraction of sp³-hybridized carbons (Fsp3) is 0.533. The van der Waals surface area contributed by atoms with Crippen LogP contribution in [0, 0.1) is 5.41 Å². The summed E-state index contributed by atoms with van der Waals surface area (Å²) in [5.41, 5.74) is -0.299. The number of aliphatic carboxylic acids is 1. The average Bonchev–Trinajstić information content (AvgIpc) is 3.02. The van der Waals surface area contributed by atoms with Crippen LogP contribution in [0.2, 0.25) is 0 Å². The maximum Gasteiger partial charge on any atom is 0.406 e. The van der Waals surface area contributed by atoms with Crippen LogP contribution in [0.5, 0.6) is 0 Å². The number of nitrogens with zero attached hydrogens (tertiary/aromatic N) is 1. The second-order valence-electron chi connectivity index (χ2n) is 5.94. The van der Waals surface area contributed by atoms with Crippen molar-refractivity contribution in [2.75, 3.05) is 13.1 Å². The van der Waals surface area contributed by atoms with Crippen LogP contribution in [0.25, 0.3) is 0 Å². The first kappa shape index (κ1) is 14.4. The third-order valence-electron chi connectivity index (χ3n) is 4.80. The van der Waals surface area contributed by atoms with E-state index < -0.39 is 24.1 Å². The lowest BCUT2D eigenvalue weighted by Gasteiger charge is -2.29. The maximum atomic E-state index is 13.2. The van der Waals surface area contributed by atoms with E-state index in [4.69, 9.17) is 5.11 Å². The highest BCUT2D eigenvalue weighted by molar-refractivity contribution is 5.76. The van der Waals surface area contributed by atoms with Gasteiger partial charge in [0.2, 0.25) is 0 Å². The molecule has 3 nitrogen and oxygen atoms in total. The van der Waals surface area contributed by atoms with Crippen molar-refractivity contribution in [3.8, 4) is 0 Å². The Kier molecular flexibility index (Phi) is 3.24. The minimum absolute atomic E-state index is 0.0222. The van der Waals surface area contributed by atoms with E-state index in [2.05, 4.69) is 0 Å². The Morgan fingerprint density at radius 3 is 2.24 bits per heavy atom. The van der Waals surface area contributed by atoms with Crippen molar-refractivity contribution >= 4 is 5.97 Å². The third kappa shape index (κ3) is 2.21. The van der Waals surface area contributed by atoms with E-state index >= 15 is 0 Å². The largest absolute Gasteiger partial charge is 0.481 e. The molecule has 3 rings (SSSR count). The van der Waals surface area contributed by atoms with Gasteiger partial charge in [0.1, 0.15) is 0 Å². The fourth-order valence-electron chi connectivity index (χ4n) is 3.47. The average molecular weight is 299 g/mol. The number of hydrogen-bond donors (Lipinski definition) is 1. The smallest absolute Gasteiger partial charge is 0.406 e. The summed E-state index contributed by atoms with van der Waals surface area (Å²) >= 11 is 0. The fourth-order valence-corrected chi connectivity index (χ4v) is 3.47. The first-order valence-electron chi connectivity index (χ1n) is 6.94. The lowest BCUT2D eigenvalue weighted by Crippen LogP contribution is -2.48. The summed E-state index contributed by atoms with van der Waals surface area (Å²) in [6.45, 7) is -0.255. The van der Waals surface area contributed by atoms with Crippen molar-refractivity contribution < 1.29 is 23.1 Å². The summed E-state index contributed by atoms with van der Waals surface area (Å²) in [7, 11) is 0. The Labute approximate surface area is 120 Å². The van der Waals surface area contributed by atoms with Crippen LogP contribution in [-0.4, -0.2) is 41.3 Å². The van der Waals surface area contributed by atoms with Crippen molar-refractivity contribution in [1.82, 2.24) is 4.90 Å². The lowest BCUT2D eigenvalue weighted by atomic mass is 9.86. The summed E-state index contributed by atoms with van der Waals surface area (Å²) in [4.78, 5) is 12.9. The van der Waals surface area contributed by atoms with Crippen LogP contribution < -0.4 is 0 Å². The Bertz CT molecular complexity index is 547. The van der Waals surface area contributed by atoms with Gasteiger partial charge in [-0.15, -0.1) is 0 Å². The molecule has 1 fully saturated rings. The number of fused-ring (bicyclic) bond motifs is 1. The molecule has 1 aliphatic heterocycles. The number of alkyl halides is 3. The molecular formula is C15H16F3NO2. The summed E-state index contributed by atoms with van der Waals surface area (Å²) in [5, 5.41) is 9.09. The summed E-state index contributed by atoms with van der Waals surface area (Å²) < 4.78 is 39.5. The first-order valence-corrected chi connectivity index (χ1v) is 6.94. The van der Waals surface area contributed by atoms with Crippen molar-refractivity contribution in [3.05, 3.63) is 35.4 Å². The third-order valence-corrected chi connectivity index (χ3v) is 4.80. The van der Waals surface area contributed by atoms with E-state index in [9.17, 15) is 18.0 Å². The SMILES string of the molecule is O=C(O)C1(C(F)(F)F)CCN(C2Cc3ccccc3C2)C1. The number of benzene rings is 1. The molecule has 1 atom stereocenters. The Morgan fingerprint density at radius 2 is 1.81 bits per heavy atom. The number of carboxylic acids is 1. The van der Waals surface area contributed by atoms with Gasteiger partial charge in [-0.25, -0.2) is 0 Å². The van der Waals surface area contributed by atoms with Gasteiger partial charge in [0.25, 0.3) is 0 Å². The molecule has 0 bridgehead atoms. The molecule has 114 valence electrons. The first-order chi connectivity index (χ1) is 9.83. The molecule has 0 amide bonds. The van der Waals surface area contributed by atoms with E-state index in [1.807, 2.05) is 24.3 Å². The molecule has 1 N–H and O–H groups in total. The number of halogens is 3. The quantitative estimate of drug-likeness (QED) is 0.912. The summed E-state index contributed by atoms with van der Waals surface area (Å²) in [6.07, 6.45) is -3.68. The molecule has 2 aliphatic rings. The maximum absolute atomic E-state index is 13.2. The van der Waals surface area contributed by atoms with Gasteiger partial charge >= 0.3 is 12.1 Å². The zero-order chi connectivity index (χ0) is 15.3. The normalized spacial score (nSPS) is 27.0. The van der Waals surface area contributed by atoms with Gasteiger partial charge < -0.3 is 5.11 Å². The van der Waals surface area contributed by atoms with Crippen molar-refractivity contribution in [1.29, 1.82) is 0 Å². The number of hydrogen-bond acceptors (Lipinski definition) is 2. The predicted molar refractivity (Wildman–Crippen MR) is 70.0 cm³/mol. The van der Waals surface area contributed by atoms with Gasteiger partial charge in [-0.05, 0) is 36.9 Å². The molecular weight excluding hydrogens is 283 g/mol. The Morgan fingerprint density at radius 1 is 1.24 bits per heavy atom. The minimum Gasteiger partial charge on any atom is -0.481 e. The highest BCUT2D eigenvalue weighted by atomic mass is 19.4. The van der Waals surface area contributed by atoms with E-state index in [0.29, 0.717) is 12.8 Å². The predicted octanol–water partition coefficient (Wildman–Crippen LogP) is 2.49. The number of carbonyl (C=O) groups is 1. The Balaban J connectivity index is 1.78. The number of carboxylic acid groups (broad SMARTS) is 1. The molecule has 1 aromatic carbocycles. The van der Waals surface area contributed by atoms with Gasteiger partial charge in [-0.2, -0.15) is 13.2 Å². The highest BCUT2D eigenvalue weighted by Gasteiger charge is 2.64. The standard InChI is InChI=1S/C15H16F3NO2/c16-15(17,18)14(13(20)21)5-6-19(9-14)12-7-10-3-1-2-4-11(10)8-12/h1-4,12H,5-9H2,(H,20,21). The minimum atomic E-state index is -4.71. The summed E-state index contributed by atoms with van der Waals surface area (Å²) in [5.74, 6) is -1.76. The van der Waals surface area contributed by atoms with Gasteiger partial charge in [0.05, 0.1) is 0 Å². The van der Waals surface area contributed by atoms with Crippen LogP contribution in [0.4, 0.5) is 13.2 Å². The molecule has 0 radical (unpaired) electrons. The van der Waals surface area contributed by atoms with Crippen LogP contribution >= 0.6 is 0 Å². The Hall–Kier alpha value is -1.56. The zero-order valence-electron chi connectivity index (χ0n) is 11.4. The van der Waals surface area contributed by atoms with E-state index in [1.165, 1.54) is 0 Å². The van der Waals surface area contributed by atoms with Crippen LogP contribution in [0.1, 0.15) is 17.5 Å². The molecule has 1 aromatic rings. The van der Waals surface area contributed by atoms with Gasteiger partial charge in [0.15, 0.2) is 5.41 Å². The highest BCUT2D eigenvalue weighted by Crippen LogP contribution is 2.47. The molecule has 21 heavy (non-hydrogen) atoms. The zero-order valence-corrected chi connectivity index (χ0v) is 11.4. The van der Waals surface area contributed by atoms with Crippen molar-refractivity contribution in [2.24, 2.45) is 5.41 Å². The molecule has 1 heterocycles. The molecule has 0 aromatic heterocycles. The lowest BCUT2D eigenvalue weighted by molar-refractivity contribution is -0.227. The van der Waals surface area contributed by atoms with Gasteiger partial charge in [-0.1, -0.05) is 24.3 Å². The van der Waals surface area contributed by atoms with Crippen LogP contribution in [-0.2, 0) is 17.6 Å². The monoisotopic (exact) mass is 299 g/mol. The number of rotatable bonds is 2. The topological polar surface area (TPSA) is 40.5 Å². The van der Waals surface area contributed by atoms with Gasteiger partial charge in [-0.3, -0.25) is 9.69 Å². The molecule has 6 heteroatoms. The summed E-state index contributed by atoms with van der Waals surface area (Å²) in [6, 6.07) is 7.79. The van der Waals surface area contributed by atoms with E-state index in [-0.39, 0.29) is 19.0 Å². The second kappa shape index (κ2) is 4.73. The molecule has 0 spiro atoms. The molecule has 1 saturated heterocycles. The number of likely N-dealkylation sites (tertiary alicyclic amines) is 1. The van der Waals surface area contributed by atoms with Crippen molar-refractivity contribution in [3.63, 3.8) is 0 Å². The van der Waals surface area contributed by atoms with Crippen LogP contribution in [0.15, 0.2) is 24.3 Å². The molecule has 1 unspecified atom stereocenters.